The third-order valence-electron chi connectivity index (χ3n) is 8.43. The highest BCUT2D eigenvalue weighted by Crippen LogP contribution is 2.41. The molecule has 4 heteroatoms. The van der Waals surface area contributed by atoms with Gasteiger partial charge in [0.2, 0.25) is 0 Å². The Kier molecular flexibility index (Phi) is 4.37. The fourth-order valence-corrected chi connectivity index (χ4v) is 6.79. The molecule has 0 aliphatic heterocycles. The molecular weight excluding hydrogens is 500 g/mol. The Labute approximate surface area is 234 Å². The highest BCUT2D eigenvalue weighted by atomic mass is 15.0. The summed E-state index contributed by atoms with van der Waals surface area (Å²) in [5.74, 6) is 0. The molecular formula is C37H22N4. The number of aromatic nitrogens is 3. The van der Waals surface area contributed by atoms with Crippen molar-refractivity contribution < 1.29 is 0 Å². The number of fused-ring (bicyclic) bond motifs is 10. The first-order valence-corrected chi connectivity index (χ1v) is 13.8. The predicted octanol–water partition coefficient (Wildman–Crippen LogP) is 9.18. The molecule has 0 spiro atoms. The molecule has 190 valence electrons. The minimum absolute atomic E-state index is 0.661. The van der Waals surface area contributed by atoms with Crippen molar-refractivity contribution in [3.8, 4) is 11.8 Å². The van der Waals surface area contributed by atoms with Crippen LogP contribution in [0, 0.1) is 11.3 Å². The number of benzene rings is 6. The number of hydrogen-bond acceptors (Lipinski definition) is 1. The molecule has 9 aromatic rings. The zero-order valence-corrected chi connectivity index (χ0v) is 22.0. The van der Waals surface area contributed by atoms with Gasteiger partial charge < -0.3 is 13.4 Å². The molecule has 0 saturated heterocycles. The van der Waals surface area contributed by atoms with Gasteiger partial charge >= 0.3 is 0 Å². The smallest absolute Gasteiger partial charge is 0.0991 e. The molecule has 0 atom stereocenters. The summed E-state index contributed by atoms with van der Waals surface area (Å²) in [6.07, 6.45) is 0. The van der Waals surface area contributed by atoms with Crippen molar-refractivity contribution in [1.29, 1.82) is 5.26 Å². The van der Waals surface area contributed by atoms with Crippen LogP contribution in [0.2, 0.25) is 0 Å². The minimum Gasteiger partial charge on any atom is -0.306 e. The number of nitriles is 1. The summed E-state index contributed by atoms with van der Waals surface area (Å²) in [5, 5.41) is 14.4. The summed E-state index contributed by atoms with van der Waals surface area (Å²) in [6, 6.07) is 49.5. The molecule has 6 aromatic carbocycles. The first-order chi connectivity index (χ1) is 20.3. The number of para-hydroxylation sites is 6. The quantitative estimate of drug-likeness (QED) is 0.212. The number of rotatable bonds is 1. The van der Waals surface area contributed by atoms with Crippen molar-refractivity contribution in [2.24, 2.45) is 0 Å². The second-order valence-corrected chi connectivity index (χ2v) is 10.5. The van der Waals surface area contributed by atoms with E-state index >= 15 is 0 Å². The molecule has 4 nitrogen and oxygen atoms in total. The van der Waals surface area contributed by atoms with Crippen LogP contribution in [0.25, 0.3) is 71.4 Å². The van der Waals surface area contributed by atoms with E-state index in [-0.39, 0.29) is 0 Å². The maximum Gasteiger partial charge on any atom is 0.0991 e. The van der Waals surface area contributed by atoms with Crippen molar-refractivity contribution in [1.82, 2.24) is 13.4 Å². The van der Waals surface area contributed by atoms with Crippen LogP contribution in [0.5, 0.6) is 0 Å². The van der Waals surface area contributed by atoms with Crippen LogP contribution in [-0.4, -0.2) is 13.4 Å². The van der Waals surface area contributed by atoms with Crippen LogP contribution >= 0.6 is 0 Å². The molecule has 3 heterocycles. The van der Waals surface area contributed by atoms with Crippen molar-refractivity contribution in [3.63, 3.8) is 0 Å². The first-order valence-electron chi connectivity index (χ1n) is 13.8. The van der Waals surface area contributed by atoms with E-state index in [4.69, 9.17) is 0 Å². The molecule has 0 aliphatic carbocycles. The third-order valence-corrected chi connectivity index (χ3v) is 8.43. The molecule has 41 heavy (non-hydrogen) atoms. The maximum atomic E-state index is 9.80. The van der Waals surface area contributed by atoms with E-state index in [0.717, 1.165) is 60.6 Å². The Morgan fingerprint density at radius 2 is 0.927 bits per heavy atom. The van der Waals surface area contributed by atoms with E-state index in [1.807, 2.05) is 12.1 Å². The van der Waals surface area contributed by atoms with Gasteiger partial charge in [-0.05, 0) is 60.7 Å². The lowest BCUT2D eigenvalue weighted by molar-refractivity contribution is 1.15. The van der Waals surface area contributed by atoms with Crippen molar-refractivity contribution in [2.75, 3.05) is 0 Å². The number of hydrogen-bond donors (Lipinski definition) is 0. The molecule has 0 bridgehead atoms. The Hall–Kier alpha value is -5.79. The second kappa shape index (κ2) is 8.11. The van der Waals surface area contributed by atoms with Crippen LogP contribution in [-0.2, 0) is 0 Å². The van der Waals surface area contributed by atoms with Gasteiger partial charge in [-0.15, -0.1) is 0 Å². The summed E-state index contributed by atoms with van der Waals surface area (Å²) < 4.78 is 7.21. The van der Waals surface area contributed by atoms with Crippen molar-refractivity contribution in [3.05, 3.63) is 139 Å². The SMILES string of the molecule is N#Cc1ccc2c(c1)c1ccc3c4ccccc4n4c5ccccc5n(-c5ccccc5)c5ccccc5n2c1c34. The van der Waals surface area contributed by atoms with Gasteiger partial charge in [0.25, 0.3) is 0 Å². The number of nitrogens with zero attached hydrogens (tertiary/aromatic N) is 4. The Bertz CT molecular complexity index is 2590. The second-order valence-electron chi connectivity index (χ2n) is 10.5. The lowest BCUT2D eigenvalue weighted by Crippen LogP contribution is -1.99. The molecule has 0 radical (unpaired) electrons. The molecule has 3 aromatic heterocycles. The predicted molar refractivity (Wildman–Crippen MR) is 169 cm³/mol. The Morgan fingerprint density at radius 3 is 1.56 bits per heavy atom. The van der Waals surface area contributed by atoms with Gasteiger partial charge in [-0.3, -0.25) is 0 Å². The topological polar surface area (TPSA) is 37.5 Å². The van der Waals surface area contributed by atoms with E-state index in [0.29, 0.717) is 5.56 Å². The van der Waals surface area contributed by atoms with E-state index in [1.54, 1.807) is 0 Å². The highest BCUT2D eigenvalue weighted by Gasteiger charge is 2.20. The zero-order chi connectivity index (χ0) is 27.1. The van der Waals surface area contributed by atoms with E-state index in [2.05, 4.69) is 141 Å². The van der Waals surface area contributed by atoms with E-state index in [1.165, 1.54) is 10.8 Å². The van der Waals surface area contributed by atoms with Gasteiger partial charge in [-0.25, -0.2) is 0 Å². The van der Waals surface area contributed by atoms with Gasteiger partial charge in [0.1, 0.15) is 0 Å². The molecule has 9 rings (SSSR count). The fraction of sp³-hybridized carbons (Fsp3) is 0. The summed E-state index contributed by atoms with van der Waals surface area (Å²) in [6.45, 7) is 0. The summed E-state index contributed by atoms with van der Waals surface area (Å²) in [7, 11) is 0. The Balaban J connectivity index is 1.77. The van der Waals surface area contributed by atoms with E-state index < -0.39 is 0 Å². The minimum atomic E-state index is 0.661. The van der Waals surface area contributed by atoms with Crippen LogP contribution in [0.4, 0.5) is 0 Å². The summed E-state index contributed by atoms with van der Waals surface area (Å²) >= 11 is 0. The average molecular weight is 523 g/mol. The molecule has 0 aliphatic rings. The van der Waals surface area contributed by atoms with Crippen LogP contribution in [0.1, 0.15) is 5.56 Å². The lowest BCUT2D eigenvalue weighted by Gasteiger charge is -2.13. The van der Waals surface area contributed by atoms with Crippen molar-refractivity contribution in [2.45, 2.75) is 0 Å². The van der Waals surface area contributed by atoms with Gasteiger partial charge in [0, 0.05) is 27.2 Å². The lowest BCUT2D eigenvalue weighted by atomic mass is 10.1. The van der Waals surface area contributed by atoms with Crippen molar-refractivity contribution >= 4 is 65.7 Å². The normalized spacial score (nSPS) is 11.9. The largest absolute Gasteiger partial charge is 0.306 e. The fourth-order valence-electron chi connectivity index (χ4n) is 6.79. The van der Waals surface area contributed by atoms with Gasteiger partial charge in [0.15, 0.2) is 0 Å². The van der Waals surface area contributed by atoms with E-state index in [9.17, 15) is 5.26 Å². The standard InChI is InChI=1S/C37H22N4/c38-23-24-18-21-31-29(22-24)28-20-19-27-26-12-4-5-13-30(26)40-34-16-8-6-14-32(34)39(25-10-2-1-3-11-25)33-15-7-9-17-35(33)41(31)37(28)36(27)40/h1-22H. The molecule has 0 N–H and O–H groups in total. The van der Waals surface area contributed by atoms with Gasteiger partial charge in [0.05, 0.1) is 55.8 Å². The molecule has 0 fully saturated rings. The molecule has 0 amide bonds. The summed E-state index contributed by atoms with van der Waals surface area (Å²) in [4.78, 5) is 0. The zero-order valence-electron chi connectivity index (χ0n) is 22.0. The molecule has 0 unspecified atom stereocenters. The van der Waals surface area contributed by atoms with Crippen LogP contribution in [0.15, 0.2) is 133 Å². The maximum absolute atomic E-state index is 9.80. The van der Waals surface area contributed by atoms with Crippen LogP contribution < -0.4 is 0 Å². The van der Waals surface area contributed by atoms with Crippen LogP contribution in [0.3, 0.4) is 0 Å². The summed E-state index contributed by atoms with van der Waals surface area (Å²) in [5.41, 5.74) is 10.7. The first kappa shape index (κ1) is 22.1. The average Bonchev–Trinajstić information content (AvgIpc) is 3.55. The monoisotopic (exact) mass is 522 g/mol. The third kappa shape index (κ3) is 2.87. The Morgan fingerprint density at radius 1 is 0.415 bits per heavy atom. The van der Waals surface area contributed by atoms with Gasteiger partial charge in [-0.2, -0.15) is 5.26 Å². The van der Waals surface area contributed by atoms with Gasteiger partial charge in [-0.1, -0.05) is 72.8 Å². The molecule has 0 saturated carbocycles. The highest BCUT2D eigenvalue weighted by molar-refractivity contribution is 6.24.